The van der Waals surface area contributed by atoms with Crippen molar-refractivity contribution in [2.24, 2.45) is 5.92 Å². The zero-order chi connectivity index (χ0) is 17.3. The Balaban J connectivity index is 2.06. The summed E-state index contributed by atoms with van der Waals surface area (Å²) in [5, 5.41) is 1.22. The molecule has 2 aromatic carbocycles. The number of hydrogen-bond donors (Lipinski definition) is 0. The topological polar surface area (TPSA) is 34.1 Å². The first-order valence-corrected chi connectivity index (χ1v) is 9.61. The molecule has 0 N–H and O–H groups in total. The van der Waals surface area contributed by atoms with Crippen molar-refractivity contribution in [1.82, 2.24) is 0 Å². The fourth-order valence-electron chi connectivity index (χ4n) is 3.45. The molecule has 1 saturated carbocycles. The Bertz CT molecular complexity index is 756. The Morgan fingerprint density at radius 2 is 1.46 bits per heavy atom. The largest absolute Gasteiger partial charge is 0.299 e. The van der Waals surface area contributed by atoms with Crippen molar-refractivity contribution in [1.29, 1.82) is 0 Å². The van der Waals surface area contributed by atoms with E-state index in [1.165, 1.54) is 0 Å². The molecule has 2 aromatic rings. The second-order valence-electron chi connectivity index (χ2n) is 5.91. The minimum absolute atomic E-state index is 0.00856. The zero-order valence-electron chi connectivity index (χ0n) is 13.0. The fourth-order valence-corrected chi connectivity index (χ4v) is 4.24. The molecule has 0 heterocycles. The first-order valence-electron chi connectivity index (χ1n) is 7.62. The van der Waals surface area contributed by atoms with Crippen LogP contribution in [0.3, 0.4) is 0 Å². The van der Waals surface area contributed by atoms with Gasteiger partial charge in [0.1, 0.15) is 5.78 Å². The smallest absolute Gasteiger partial charge is 0.199 e. The number of hydrogen-bond acceptors (Lipinski definition) is 3. The first kappa shape index (κ1) is 17.5. The highest BCUT2D eigenvalue weighted by Gasteiger charge is 2.47. The van der Waals surface area contributed by atoms with Gasteiger partial charge in [0.05, 0.1) is 5.92 Å². The van der Waals surface area contributed by atoms with Crippen LogP contribution in [0.25, 0.3) is 0 Å². The van der Waals surface area contributed by atoms with Crippen molar-refractivity contribution < 1.29 is 9.59 Å². The highest BCUT2D eigenvalue weighted by Crippen LogP contribution is 2.49. The molecule has 0 unspecified atom stereocenters. The molecule has 0 saturated heterocycles. The van der Waals surface area contributed by atoms with Crippen LogP contribution in [0.4, 0.5) is 0 Å². The number of rotatable bonds is 3. The second-order valence-corrected chi connectivity index (χ2v) is 7.59. The second kappa shape index (κ2) is 7.30. The van der Waals surface area contributed by atoms with E-state index in [9.17, 15) is 9.59 Å². The summed E-state index contributed by atoms with van der Waals surface area (Å²) in [5.41, 5.74) is 2.00. The van der Waals surface area contributed by atoms with E-state index < -0.39 is 5.92 Å². The van der Waals surface area contributed by atoms with Crippen molar-refractivity contribution in [3.63, 3.8) is 0 Å². The molecule has 0 bridgehead atoms. The molecule has 2 nitrogen and oxygen atoms in total. The summed E-state index contributed by atoms with van der Waals surface area (Å²) in [7, 11) is 0. The molecule has 0 radical (unpaired) electrons. The van der Waals surface area contributed by atoms with Crippen LogP contribution in [0.2, 0.25) is 10.0 Å². The molecule has 3 atom stereocenters. The average Bonchev–Trinajstić information content (AvgIpc) is 2.93. The lowest BCUT2D eigenvalue weighted by molar-refractivity contribution is -0.126. The van der Waals surface area contributed by atoms with Crippen LogP contribution in [0.1, 0.15) is 29.4 Å². The summed E-state index contributed by atoms with van der Waals surface area (Å²) in [4.78, 5) is 25.0. The van der Waals surface area contributed by atoms with E-state index in [0.29, 0.717) is 16.5 Å². The number of benzene rings is 2. The molecular formula is C19H16Cl2O2S. The Labute approximate surface area is 155 Å². The number of carbonyl (C=O) groups excluding carboxylic acids is 2. The summed E-state index contributed by atoms with van der Waals surface area (Å²) >= 11 is 13.1. The summed E-state index contributed by atoms with van der Waals surface area (Å²) in [6.07, 6.45) is 2.09. The van der Waals surface area contributed by atoms with Crippen molar-refractivity contribution in [3.05, 3.63) is 69.7 Å². The average molecular weight is 379 g/mol. The molecule has 0 spiro atoms. The molecular weight excluding hydrogens is 363 g/mol. The molecule has 0 amide bonds. The van der Waals surface area contributed by atoms with E-state index >= 15 is 0 Å². The van der Waals surface area contributed by atoms with Gasteiger partial charge < -0.3 is 0 Å². The first-order chi connectivity index (χ1) is 11.5. The number of thioether (sulfide) groups is 1. The van der Waals surface area contributed by atoms with E-state index in [4.69, 9.17) is 23.2 Å². The Morgan fingerprint density at radius 1 is 0.958 bits per heavy atom. The van der Waals surface area contributed by atoms with Gasteiger partial charge in [-0.25, -0.2) is 0 Å². The van der Waals surface area contributed by atoms with E-state index in [1.807, 2.05) is 36.4 Å². The van der Waals surface area contributed by atoms with E-state index in [1.54, 1.807) is 18.4 Å². The Morgan fingerprint density at radius 3 is 1.96 bits per heavy atom. The quantitative estimate of drug-likeness (QED) is 0.675. The molecule has 0 aliphatic heterocycles. The minimum atomic E-state index is -0.609. The third-order valence-electron chi connectivity index (χ3n) is 4.57. The molecule has 1 fully saturated rings. The number of Topliss-reactive ketones (excluding diaryl/α,β-unsaturated/α-hetero) is 1. The summed E-state index contributed by atoms with van der Waals surface area (Å²) in [6.45, 7) is 0. The molecule has 24 heavy (non-hydrogen) atoms. The van der Waals surface area contributed by atoms with Crippen molar-refractivity contribution in [3.8, 4) is 0 Å². The van der Waals surface area contributed by atoms with Gasteiger partial charge in [0, 0.05) is 22.4 Å². The van der Waals surface area contributed by atoms with Crippen LogP contribution >= 0.6 is 35.0 Å². The van der Waals surface area contributed by atoms with Crippen LogP contribution in [0.15, 0.2) is 48.5 Å². The van der Waals surface area contributed by atoms with Crippen LogP contribution in [-0.2, 0) is 9.59 Å². The molecule has 0 aromatic heterocycles. The van der Waals surface area contributed by atoms with Crippen molar-refractivity contribution >= 4 is 45.9 Å². The van der Waals surface area contributed by atoms with Gasteiger partial charge in [-0.15, -0.1) is 0 Å². The molecule has 1 aliphatic carbocycles. The van der Waals surface area contributed by atoms with Crippen molar-refractivity contribution in [2.75, 3.05) is 6.26 Å². The van der Waals surface area contributed by atoms with Gasteiger partial charge in [0.25, 0.3) is 0 Å². The van der Waals surface area contributed by atoms with Gasteiger partial charge in [0.2, 0.25) is 0 Å². The standard InChI is InChI=1S/C19H16Cl2O2S/c1-24-19(23)18-16(22)10-15(11-2-6-13(20)7-3-11)17(18)12-4-8-14(21)9-5-12/h2-9,15,17-18H,10H2,1H3/t15-,17-,18-/m1/s1. The number of halogens is 2. The number of carbonyl (C=O) groups is 2. The Kier molecular flexibility index (Phi) is 5.33. The maximum Gasteiger partial charge on any atom is 0.199 e. The maximum atomic E-state index is 12.6. The predicted octanol–water partition coefficient (Wildman–Crippen LogP) is 5.34. The summed E-state index contributed by atoms with van der Waals surface area (Å²) in [6, 6.07) is 15.0. The van der Waals surface area contributed by atoms with Gasteiger partial charge in [0.15, 0.2) is 5.12 Å². The normalized spacial score (nSPS) is 23.5. The zero-order valence-corrected chi connectivity index (χ0v) is 15.4. The van der Waals surface area contributed by atoms with Crippen molar-refractivity contribution in [2.45, 2.75) is 18.3 Å². The molecule has 124 valence electrons. The van der Waals surface area contributed by atoms with E-state index in [2.05, 4.69) is 0 Å². The summed E-state index contributed by atoms with van der Waals surface area (Å²) < 4.78 is 0. The van der Waals surface area contributed by atoms with Gasteiger partial charge >= 0.3 is 0 Å². The van der Waals surface area contributed by atoms with Gasteiger partial charge in [-0.1, -0.05) is 59.2 Å². The third-order valence-corrected chi connectivity index (χ3v) is 5.73. The lowest BCUT2D eigenvalue weighted by Crippen LogP contribution is -2.22. The van der Waals surface area contributed by atoms with Gasteiger partial charge in [-0.2, -0.15) is 0 Å². The lowest BCUT2D eigenvalue weighted by atomic mass is 9.80. The third kappa shape index (κ3) is 3.39. The highest BCUT2D eigenvalue weighted by atomic mass is 35.5. The van der Waals surface area contributed by atoms with E-state index in [-0.39, 0.29) is 22.7 Å². The number of ketones is 1. The maximum absolute atomic E-state index is 12.6. The van der Waals surface area contributed by atoms with Crippen LogP contribution < -0.4 is 0 Å². The predicted molar refractivity (Wildman–Crippen MR) is 100 cm³/mol. The van der Waals surface area contributed by atoms with E-state index in [0.717, 1.165) is 22.9 Å². The van der Waals surface area contributed by atoms with Crippen LogP contribution in [0.5, 0.6) is 0 Å². The van der Waals surface area contributed by atoms with Gasteiger partial charge in [-0.05, 0) is 47.6 Å². The molecule has 1 aliphatic rings. The SMILES string of the molecule is CSC(=O)[C@@H]1C(=O)C[C@H](c2ccc(Cl)cc2)[C@H]1c1ccc(Cl)cc1. The van der Waals surface area contributed by atoms with Gasteiger partial charge in [-0.3, -0.25) is 9.59 Å². The summed E-state index contributed by atoms with van der Waals surface area (Å²) in [5.74, 6) is -0.802. The minimum Gasteiger partial charge on any atom is -0.299 e. The van der Waals surface area contributed by atoms with Crippen LogP contribution in [0, 0.1) is 5.92 Å². The van der Waals surface area contributed by atoms with Crippen LogP contribution in [-0.4, -0.2) is 17.2 Å². The molecule has 3 rings (SSSR count). The Hall–Kier alpha value is -1.29. The lowest BCUT2D eigenvalue weighted by Gasteiger charge is -2.24. The highest BCUT2D eigenvalue weighted by molar-refractivity contribution is 8.13. The monoisotopic (exact) mass is 378 g/mol. The fraction of sp³-hybridized carbons (Fsp3) is 0.263. The molecule has 5 heteroatoms.